The minimum Gasteiger partial charge on any atom is -0.512 e. The minimum absolute atomic E-state index is 0.0277. The molecule has 0 amide bonds. The monoisotopic (exact) mass is 212 g/mol. The van der Waals surface area contributed by atoms with Gasteiger partial charge in [0.2, 0.25) is 0 Å². The summed E-state index contributed by atoms with van der Waals surface area (Å²) in [5, 5.41) is 9.75. The topological polar surface area (TPSA) is 37.3 Å². The first kappa shape index (κ1) is 14.2. The van der Waals surface area contributed by atoms with Gasteiger partial charge in [0, 0.05) is 16.9 Å². The van der Waals surface area contributed by atoms with E-state index in [-0.39, 0.29) is 22.4 Å². The van der Waals surface area contributed by atoms with Gasteiger partial charge >= 0.3 is 0 Å². The van der Waals surface area contributed by atoms with Crippen LogP contribution in [0, 0.1) is 10.8 Å². The Morgan fingerprint density at radius 2 is 1.53 bits per heavy atom. The molecule has 0 aromatic rings. The summed E-state index contributed by atoms with van der Waals surface area (Å²) in [6, 6.07) is 0. The number of aliphatic hydroxyl groups is 1. The molecule has 0 bridgehead atoms. The maximum Gasteiger partial charge on any atom is 0.164 e. The first-order chi connectivity index (χ1) is 6.67. The molecule has 0 unspecified atom stereocenters. The van der Waals surface area contributed by atoms with Crippen molar-refractivity contribution in [2.45, 2.75) is 54.4 Å². The van der Waals surface area contributed by atoms with E-state index in [1.54, 1.807) is 0 Å². The molecule has 0 saturated carbocycles. The molecule has 0 aliphatic heterocycles. The molecule has 2 heteroatoms. The van der Waals surface area contributed by atoms with Crippen molar-refractivity contribution < 1.29 is 9.90 Å². The van der Waals surface area contributed by atoms with E-state index < -0.39 is 0 Å². The standard InChI is InChI=1S/C13H24O2/c1-7-13(6,8-2)11(15)9-10(14)12(3,4)5/h9,14H,7-8H2,1-6H3/b10-9-. The molecule has 0 aliphatic rings. The van der Waals surface area contributed by atoms with E-state index in [0.717, 1.165) is 12.8 Å². The molecule has 0 aliphatic carbocycles. The van der Waals surface area contributed by atoms with Gasteiger partial charge in [-0.25, -0.2) is 0 Å². The van der Waals surface area contributed by atoms with E-state index in [1.165, 1.54) is 6.08 Å². The molecule has 0 aromatic carbocycles. The lowest BCUT2D eigenvalue weighted by molar-refractivity contribution is -0.123. The third-order valence-electron chi connectivity index (χ3n) is 3.19. The van der Waals surface area contributed by atoms with Gasteiger partial charge in [0.1, 0.15) is 5.76 Å². The molecular formula is C13H24O2. The van der Waals surface area contributed by atoms with Crippen LogP contribution in [0.4, 0.5) is 0 Å². The average Bonchev–Trinajstić information content (AvgIpc) is 2.14. The summed E-state index contributed by atoms with van der Waals surface area (Å²) in [7, 11) is 0. The van der Waals surface area contributed by atoms with Gasteiger partial charge in [0.25, 0.3) is 0 Å². The summed E-state index contributed by atoms with van der Waals surface area (Å²) in [4.78, 5) is 11.9. The van der Waals surface area contributed by atoms with Gasteiger partial charge in [-0.3, -0.25) is 4.79 Å². The van der Waals surface area contributed by atoms with Crippen molar-refractivity contribution >= 4 is 5.78 Å². The zero-order valence-electron chi connectivity index (χ0n) is 10.8. The predicted molar refractivity (Wildman–Crippen MR) is 63.9 cm³/mol. The van der Waals surface area contributed by atoms with Gasteiger partial charge in [0.05, 0.1) is 0 Å². The molecule has 15 heavy (non-hydrogen) atoms. The SMILES string of the molecule is CCC(C)(CC)C(=O)/C=C(\O)C(C)(C)C. The summed E-state index contributed by atoms with van der Waals surface area (Å²) in [6.45, 7) is 11.6. The second kappa shape index (κ2) is 4.82. The van der Waals surface area contributed by atoms with Crippen molar-refractivity contribution in [3.63, 3.8) is 0 Å². The Kier molecular flexibility index (Phi) is 4.57. The van der Waals surface area contributed by atoms with Crippen LogP contribution in [0.2, 0.25) is 0 Å². The zero-order chi connectivity index (χ0) is 12.3. The normalized spacial score (nSPS) is 14.1. The van der Waals surface area contributed by atoms with Crippen molar-refractivity contribution in [3.8, 4) is 0 Å². The smallest absolute Gasteiger partial charge is 0.164 e. The summed E-state index contributed by atoms with van der Waals surface area (Å²) in [6.07, 6.45) is 3.00. The number of carbonyl (C=O) groups excluding carboxylic acids is 1. The second-order valence-electron chi connectivity index (χ2n) is 5.41. The Labute approximate surface area is 93.4 Å². The van der Waals surface area contributed by atoms with Crippen LogP contribution in [-0.4, -0.2) is 10.9 Å². The van der Waals surface area contributed by atoms with Crippen LogP contribution in [0.1, 0.15) is 54.4 Å². The Morgan fingerprint density at radius 1 is 1.13 bits per heavy atom. The fourth-order valence-corrected chi connectivity index (χ4v) is 1.11. The Bertz CT molecular complexity index is 252. The zero-order valence-corrected chi connectivity index (χ0v) is 10.8. The molecule has 0 spiro atoms. The molecule has 2 nitrogen and oxygen atoms in total. The molecule has 0 atom stereocenters. The minimum atomic E-state index is -0.349. The van der Waals surface area contributed by atoms with Gasteiger partial charge in [0.15, 0.2) is 5.78 Å². The number of ketones is 1. The fourth-order valence-electron chi connectivity index (χ4n) is 1.11. The van der Waals surface area contributed by atoms with Crippen LogP contribution < -0.4 is 0 Å². The number of carbonyl (C=O) groups is 1. The molecule has 0 aromatic heterocycles. The van der Waals surface area contributed by atoms with E-state index in [2.05, 4.69) is 0 Å². The summed E-state index contributed by atoms with van der Waals surface area (Å²) in [5.74, 6) is 0.195. The Morgan fingerprint density at radius 3 is 1.80 bits per heavy atom. The maximum atomic E-state index is 11.9. The van der Waals surface area contributed by atoms with Gasteiger partial charge in [-0.2, -0.15) is 0 Å². The summed E-state index contributed by atoms with van der Waals surface area (Å²) in [5.41, 5.74) is -0.683. The summed E-state index contributed by atoms with van der Waals surface area (Å²) < 4.78 is 0. The van der Waals surface area contributed by atoms with Crippen LogP contribution in [0.15, 0.2) is 11.8 Å². The predicted octanol–water partition coefficient (Wildman–Crippen LogP) is 3.87. The third kappa shape index (κ3) is 3.69. The maximum absolute atomic E-state index is 11.9. The molecular weight excluding hydrogens is 188 g/mol. The van der Waals surface area contributed by atoms with E-state index in [0.29, 0.717) is 0 Å². The lowest BCUT2D eigenvalue weighted by Gasteiger charge is -2.24. The van der Waals surface area contributed by atoms with E-state index in [1.807, 2.05) is 41.5 Å². The number of aliphatic hydroxyl groups excluding tert-OH is 1. The fraction of sp³-hybridized carbons (Fsp3) is 0.769. The average molecular weight is 212 g/mol. The van der Waals surface area contributed by atoms with Crippen LogP contribution in [0.3, 0.4) is 0 Å². The second-order valence-corrected chi connectivity index (χ2v) is 5.41. The van der Waals surface area contributed by atoms with E-state index in [4.69, 9.17) is 0 Å². The number of allylic oxidation sites excluding steroid dienone is 2. The van der Waals surface area contributed by atoms with Crippen LogP contribution >= 0.6 is 0 Å². The largest absolute Gasteiger partial charge is 0.512 e. The first-order valence-electron chi connectivity index (χ1n) is 5.63. The number of hydrogen-bond acceptors (Lipinski definition) is 2. The van der Waals surface area contributed by atoms with Crippen molar-refractivity contribution in [2.24, 2.45) is 10.8 Å². The quantitative estimate of drug-likeness (QED) is 0.567. The summed E-state index contributed by atoms with van der Waals surface area (Å²) >= 11 is 0. The van der Waals surface area contributed by atoms with Gasteiger partial charge in [-0.1, -0.05) is 41.5 Å². The van der Waals surface area contributed by atoms with Gasteiger partial charge in [-0.15, -0.1) is 0 Å². The highest BCUT2D eigenvalue weighted by Crippen LogP contribution is 2.30. The van der Waals surface area contributed by atoms with E-state index in [9.17, 15) is 9.90 Å². The molecule has 0 fully saturated rings. The van der Waals surface area contributed by atoms with E-state index >= 15 is 0 Å². The van der Waals surface area contributed by atoms with Crippen LogP contribution in [0.5, 0.6) is 0 Å². The first-order valence-corrected chi connectivity index (χ1v) is 5.63. The number of rotatable bonds is 4. The van der Waals surface area contributed by atoms with Crippen molar-refractivity contribution in [1.82, 2.24) is 0 Å². The van der Waals surface area contributed by atoms with Crippen LogP contribution in [0.25, 0.3) is 0 Å². The molecule has 0 rings (SSSR count). The highest BCUT2D eigenvalue weighted by Gasteiger charge is 2.29. The molecule has 0 saturated heterocycles. The van der Waals surface area contributed by atoms with Crippen molar-refractivity contribution in [3.05, 3.63) is 11.8 Å². The van der Waals surface area contributed by atoms with Gasteiger partial charge in [-0.05, 0) is 12.8 Å². The molecule has 88 valence electrons. The molecule has 1 N–H and O–H groups in total. The number of hydrogen-bond donors (Lipinski definition) is 1. The highest BCUT2D eigenvalue weighted by molar-refractivity contribution is 5.94. The highest BCUT2D eigenvalue weighted by atomic mass is 16.3. The lowest BCUT2D eigenvalue weighted by atomic mass is 9.79. The third-order valence-corrected chi connectivity index (χ3v) is 3.19. The van der Waals surface area contributed by atoms with Gasteiger partial charge < -0.3 is 5.11 Å². The Hall–Kier alpha value is -0.790. The lowest BCUT2D eigenvalue weighted by Crippen LogP contribution is -2.25. The Balaban J connectivity index is 4.90. The van der Waals surface area contributed by atoms with Crippen LogP contribution in [-0.2, 0) is 4.79 Å². The molecule has 0 heterocycles. The molecule has 0 radical (unpaired) electrons. The van der Waals surface area contributed by atoms with Crippen molar-refractivity contribution in [2.75, 3.05) is 0 Å². The van der Waals surface area contributed by atoms with Crippen molar-refractivity contribution in [1.29, 1.82) is 0 Å².